The number of ether oxygens (including phenoxy) is 1. The number of nitrogens with zero attached hydrogens (tertiary/aromatic N) is 2. The molecule has 6 nitrogen and oxygen atoms in total. The molecule has 0 spiro atoms. The quantitative estimate of drug-likeness (QED) is 0.583. The zero-order valence-electron chi connectivity index (χ0n) is 14.8. The van der Waals surface area contributed by atoms with Gasteiger partial charge in [0.15, 0.2) is 0 Å². The number of pyridine rings is 2. The number of aromatic nitrogens is 2. The second kappa shape index (κ2) is 15.4. The largest absolute Gasteiger partial charge is 2.00 e. The van der Waals surface area contributed by atoms with Crippen LogP contribution in [0.15, 0.2) is 48.8 Å². The van der Waals surface area contributed by atoms with Gasteiger partial charge in [0, 0.05) is 26.2 Å². The standard InChI is InChI=1S/C10H8N2.C6H12O2.C2H4O2.Pd/c1-3-7-11-9(5-1)10-6-2-4-8-12-10;1-5(2)4-8-6(3)7;1-2(3)4;/h1-8H;5H,4H2,1-3H3;1H3,(H,3,4);/q;;;+2. The molecule has 2 heterocycles. The molecule has 0 atom stereocenters. The average Bonchev–Trinajstić information content (AvgIpc) is 2.55. The van der Waals surface area contributed by atoms with Gasteiger partial charge in [0.25, 0.3) is 5.97 Å². The topological polar surface area (TPSA) is 89.4 Å². The van der Waals surface area contributed by atoms with Gasteiger partial charge in [-0.05, 0) is 30.2 Å². The smallest absolute Gasteiger partial charge is 0.481 e. The van der Waals surface area contributed by atoms with Gasteiger partial charge in [-0.25, -0.2) is 0 Å². The van der Waals surface area contributed by atoms with Crippen LogP contribution in [0.4, 0.5) is 0 Å². The van der Waals surface area contributed by atoms with Crippen molar-refractivity contribution in [1.82, 2.24) is 9.97 Å². The summed E-state index contributed by atoms with van der Waals surface area (Å²) < 4.78 is 4.66. The van der Waals surface area contributed by atoms with E-state index in [0.29, 0.717) is 12.5 Å². The first-order valence-electron chi connectivity index (χ1n) is 7.48. The first-order valence-corrected chi connectivity index (χ1v) is 7.48. The number of hydrogen-bond donors (Lipinski definition) is 1. The van der Waals surface area contributed by atoms with Gasteiger partial charge in [-0.3, -0.25) is 19.6 Å². The van der Waals surface area contributed by atoms with E-state index < -0.39 is 5.97 Å². The monoisotopic (exact) mass is 438 g/mol. The summed E-state index contributed by atoms with van der Waals surface area (Å²) in [5, 5.41) is 7.42. The van der Waals surface area contributed by atoms with Gasteiger partial charge in [0.05, 0.1) is 18.0 Å². The Morgan fingerprint density at radius 1 is 1.00 bits per heavy atom. The third-order valence-electron chi connectivity index (χ3n) is 2.21. The van der Waals surface area contributed by atoms with E-state index in [-0.39, 0.29) is 26.4 Å². The van der Waals surface area contributed by atoms with E-state index in [9.17, 15) is 4.79 Å². The Balaban J connectivity index is 0. The Kier molecular flexibility index (Phi) is 15.5. The SMILES string of the molecule is CC(=O)O.CC(=O)OCC(C)C.[Pd+2].c1ccc(-c2ccccn2)nc1. The molecule has 0 aliphatic rings. The van der Waals surface area contributed by atoms with Crippen molar-refractivity contribution in [2.24, 2.45) is 5.92 Å². The van der Waals surface area contributed by atoms with E-state index in [0.717, 1.165) is 18.3 Å². The van der Waals surface area contributed by atoms with Gasteiger partial charge in [-0.2, -0.15) is 0 Å². The van der Waals surface area contributed by atoms with Gasteiger partial charge in [0.1, 0.15) is 0 Å². The van der Waals surface area contributed by atoms with E-state index in [1.165, 1.54) is 6.92 Å². The van der Waals surface area contributed by atoms with Crippen molar-refractivity contribution in [3.8, 4) is 11.4 Å². The van der Waals surface area contributed by atoms with Crippen LogP contribution in [0, 0.1) is 5.92 Å². The van der Waals surface area contributed by atoms with Crippen molar-refractivity contribution in [3.05, 3.63) is 48.8 Å². The summed E-state index contributed by atoms with van der Waals surface area (Å²) in [4.78, 5) is 27.5. The molecule has 0 unspecified atom stereocenters. The van der Waals surface area contributed by atoms with Crippen LogP contribution in [-0.4, -0.2) is 33.6 Å². The van der Waals surface area contributed by atoms with Crippen LogP contribution >= 0.6 is 0 Å². The maximum absolute atomic E-state index is 10.1. The third kappa shape index (κ3) is 16.5. The molecule has 2 aromatic heterocycles. The zero-order valence-corrected chi connectivity index (χ0v) is 16.3. The minimum atomic E-state index is -0.833. The van der Waals surface area contributed by atoms with Crippen LogP contribution in [0.5, 0.6) is 0 Å². The summed E-state index contributed by atoms with van der Waals surface area (Å²) in [6.07, 6.45) is 3.54. The Morgan fingerprint density at radius 3 is 1.60 bits per heavy atom. The Hall–Kier alpha value is -2.10. The van der Waals surface area contributed by atoms with Crippen LogP contribution in [0.25, 0.3) is 11.4 Å². The van der Waals surface area contributed by atoms with E-state index in [4.69, 9.17) is 9.90 Å². The number of carbonyl (C=O) groups is 2. The second-order valence-corrected chi connectivity index (χ2v) is 5.15. The van der Waals surface area contributed by atoms with Crippen LogP contribution in [-0.2, 0) is 34.7 Å². The van der Waals surface area contributed by atoms with Crippen molar-refractivity contribution in [2.75, 3.05) is 6.61 Å². The van der Waals surface area contributed by atoms with E-state index >= 15 is 0 Å². The van der Waals surface area contributed by atoms with Gasteiger partial charge < -0.3 is 9.84 Å². The van der Waals surface area contributed by atoms with Crippen molar-refractivity contribution < 1.29 is 39.9 Å². The predicted molar refractivity (Wildman–Crippen MR) is 92.2 cm³/mol. The Bertz CT molecular complexity index is 551. The molecule has 0 aliphatic heterocycles. The number of hydrogen-bond acceptors (Lipinski definition) is 5. The summed E-state index contributed by atoms with van der Waals surface area (Å²) in [5.41, 5.74) is 1.83. The number of aliphatic carboxylic acids is 1. The second-order valence-electron chi connectivity index (χ2n) is 5.15. The Morgan fingerprint density at radius 2 is 1.40 bits per heavy atom. The molecule has 1 N–H and O–H groups in total. The maximum atomic E-state index is 10.1. The molecule has 2 aromatic rings. The maximum Gasteiger partial charge on any atom is 2.00 e. The van der Waals surface area contributed by atoms with Crippen molar-refractivity contribution in [2.45, 2.75) is 27.7 Å². The number of carboxylic acids is 1. The van der Waals surface area contributed by atoms with Crippen LogP contribution in [0.3, 0.4) is 0 Å². The average molecular weight is 439 g/mol. The molecular weight excluding hydrogens is 415 g/mol. The number of esters is 1. The molecule has 7 heteroatoms. The summed E-state index contributed by atoms with van der Waals surface area (Å²) in [7, 11) is 0. The fraction of sp³-hybridized carbons (Fsp3) is 0.333. The molecule has 0 bridgehead atoms. The van der Waals surface area contributed by atoms with Crippen LogP contribution in [0.2, 0.25) is 0 Å². The van der Waals surface area contributed by atoms with Crippen molar-refractivity contribution >= 4 is 11.9 Å². The van der Waals surface area contributed by atoms with Crippen molar-refractivity contribution in [3.63, 3.8) is 0 Å². The molecule has 2 rings (SSSR count). The fourth-order valence-corrected chi connectivity index (χ4v) is 1.31. The normalized spacial score (nSPS) is 8.68. The first kappa shape index (κ1) is 25.1. The van der Waals surface area contributed by atoms with E-state index in [1.54, 1.807) is 12.4 Å². The van der Waals surface area contributed by atoms with Crippen LogP contribution in [0.1, 0.15) is 27.7 Å². The minimum absolute atomic E-state index is 0. The molecule has 0 fully saturated rings. The molecule has 0 amide bonds. The van der Waals surface area contributed by atoms with Crippen molar-refractivity contribution in [1.29, 1.82) is 0 Å². The summed E-state index contributed by atoms with van der Waals surface area (Å²) in [6.45, 7) is 7.05. The van der Waals surface area contributed by atoms with Gasteiger partial charge in [0.2, 0.25) is 0 Å². The molecule has 0 saturated carbocycles. The van der Waals surface area contributed by atoms with Gasteiger partial charge in [-0.1, -0.05) is 26.0 Å². The van der Waals surface area contributed by atoms with Gasteiger partial charge in [-0.15, -0.1) is 0 Å². The van der Waals surface area contributed by atoms with E-state index in [2.05, 4.69) is 14.7 Å². The summed E-state index contributed by atoms with van der Waals surface area (Å²) in [6, 6.07) is 11.6. The van der Waals surface area contributed by atoms with Gasteiger partial charge >= 0.3 is 26.4 Å². The summed E-state index contributed by atoms with van der Waals surface area (Å²) in [5.74, 6) is -0.586. The molecule has 0 saturated heterocycles. The number of carboxylic acid groups (broad SMARTS) is 1. The molecular formula is C18H24N2O4Pd+2. The molecule has 0 radical (unpaired) electrons. The predicted octanol–water partition coefficient (Wildman–Crippen LogP) is 3.44. The minimum Gasteiger partial charge on any atom is -0.481 e. The molecule has 0 aliphatic carbocycles. The number of rotatable bonds is 3. The fourth-order valence-electron chi connectivity index (χ4n) is 1.31. The Labute approximate surface area is 162 Å². The first-order chi connectivity index (χ1) is 11.3. The van der Waals surface area contributed by atoms with Crippen LogP contribution < -0.4 is 0 Å². The molecule has 25 heavy (non-hydrogen) atoms. The molecule has 0 aromatic carbocycles. The summed E-state index contributed by atoms with van der Waals surface area (Å²) >= 11 is 0. The zero-order chi connectivity index (χ0) is 18.4. The third-order valence-corrected chi connectivity index (χ3v) is 2.21. The number of carbonyl (C=O) groups excluding carboxylic acids is 1. The van der Waals surface area contributed by atoms with E-state index in [1.807, 2.05) is 50.2 Å². The molecule has 138 valence electrons.